The van der Waals surface area contributed by atoms with Crippen LogP contribution in [0.15, 0.2) is 71.0 Å². The molecule has 0 unspecified atom stereocenters. The van der Waals surface area contributed by atoms with Crippen molar-refractivity contribution in [3.05, 3.63) is 77.0 Å². The zero-order chi connectivity index (χ0) is 20.5. The van der Waals surface area contributed by atoms with Crippen molar-refractivity contribution < 1.29 is 14.4 Å². The molecule has 0 heterocycles. The largest absolute Gasteiger partial charge is 0.326 e. The number of allylic oxidation sites excluding steroid dienone is 1. The van der Waals surface area contributed by atoms with E-state index in [2.05, 4.69) is 21.2 Å². The third-order valence-electron chi connectivity index (χ3n) is 3.61. The summed E-state index contributed by atoms with van der Waals surface area (Å²) in [6.45, 7) is 4.89. The number of amides is 3. The molecule has 0 saturated heterocycles. The average molecular weight is 378 g/mol. The fraction of sp³-hybridized carbons (Fsp3) is 0.143. The summed E-state index contributed by atoms with van der Waals surface area (Å²) in [7, 11) is 0. The molecule has 2 aromatic rings. The molecule has 3 amide bonds. The normalized spacial score (nSPS) is 10.2. The van der Waals surface area contributed by atoms with Gasteiger partial charge in [-0.25, -0.2) is 5.43 Å². The lowest BCUT2D eigenvalue weighted by atomic mass is 10.2. The summed E-state index contributed by atoms with van der Waals surface area (Å²) in [5, 5.41) is 9.21. The summed E-state index contributed by atoms with van der Waals surface area (Å²) < 4.78 is 0. The van der Waals surface area contributed by atoms with E-state index in [1.54, 1.807) is 62.4 Å². The average Bonchev–Trinajstić information content (AvgIpc) is 2.67. The molecule has 0 atom stereocenters. The van der Waals surface area contributed by atoms with Gasteiger partial charge in [0.25, 0.3) is 11.8 Å². The van der Waals surface area contributed by atoms with Gasteiger partial charge in [0.2, 0.25) is 5.91 Å². The summed E-state index contributed by atoms with van der Waals surface area (Å²) in [5.74, 6) is -1.04. The molecular weight excluding hydrogens is 356 g/mol. The maximum absolute atomic E-state index is 12.4. The van der Waals surface area contributed by atoms with Gasteiger partial charge in [-0.1, -0.05) is 30.3 Å². The van der Waals surface area contributed by atoms with Gasteiger partial charge in [-0.2, -0.15) is 5.10 Å². The van der Waals surface area contributed by atoms with Crippen LogP contribution in [-0.4, -0.2) is 23.9 Å². The Balaban J connectivity index is 1.99. The van der Waals surface area contributed by atoms with Crippen molar-refractivity contribution in [3.8, 4) is 0 Å². The first-order valence-electron chi connectivity index (χ1n) is 8.61. The molecule has 0 bridgehead atoms. The third kappa shape index (κ3) is 6.21. The highest BCUT2D eigenvalue weighted by molar-refractivity contribution is 6.03. The van der Waals surface area contributed by atoms with Crippen molar-refractivity contribution in [1.29, 1.82) is 0 Å². The zero-order valence-electron chi connectivity index (χ0n) is 15.9. The number of benzene rings is 2. The van der Waals surface area contributed by atoms with E-state index in [-0.39, 0.29) is 17.5 Å². The Labute approximate surface area is 163 Å². The van der Waals surface area contributed by atoms with E-state index < -0.39 is 5.91 Å². The molecule has 0 radical (unpaired) electrons. The van der Waals surface area contributed by atoms with E-state index in [9.17, 15) is 14.4 Å². The van der Waals surface area contributed by atoms with E-state index in [4.69, 9.17) is 0 Å². The Kier molecular flexibility index (Phi) is 7.21. The van der Waals surface area contributed by atoms with E-state index in [1.165, 1.54) is 13.1 Å². The lowest BCUT2D eigenvalue weighted by Crippen LogP contribution is -2.33. The molecule has 0 aliphatic heterocycles. The fourth-order valence-corrected chi connectivity index (χ4v) is 2.26. The number of rotatable bonds is 6. The topological polar surface area (TPSA) is 99.7 Å². The predicted molar refractivity (Wildman–Crippen MR) is 109 cm³/mol. The van der Waals surface area contributed by atoms with Crippen molar-refractivity contribution in [2.24, 2.45) is 5.10 Å². The van der Waals surface area contributed by atoms with Crippen LogP contribution in [0.3, 0.4) is 0 Å². The molecule has 2 rings (SSSR count). The summed E-state index contributed by atoms with van der Waals surface area (Å²) in [5.41, 5.74) is 5.06. The maximum Gasteiger partial charge on any atom is 0.287 e. The van der Waals surface area contributed by atoms with Gasteiger partial charge in [-0.15, -0.1) is 0 Å². The highest BCUT2D eigenvalue weighted by Gasteiger charge is 2.15. The van der Waals surface area contributed by atoms with Crippen LogP contribution in [0.4, 0.5) is 5.69 Å². The minimum Gasteiger partial charge on any atom is -0.326 e. The molecular formula is C21H22N4O3. The molecule has 0 aliphatic rings. The molecule has 7 heteroatoms. The molecule has 0 saturated carbocycles. The number of carbonyl (C=O) groups excluding carboxylic acids is 3. The van der Waals surface area contributed by atoms with Crippen LogP contribution in [-0.2, 0) is 9.59 Å². The van der Waals surface area contributed by atoms with Crippen molar-refractivity contribution in [1.82, 2.24) is 10.7 Å². The molecule has 28 heavy (non-hydrogen) atoms. The molecule has 0 fully saturated rings. The van der Waals surface area contributed by atoms with Gasteiger partial charge in [-0.05, 0) is 49.2 Å². The lowest BCUT2D eigenvalue weighted by Gasteiger charge is -2.10. The van der Waals surface area contributed by atoms with E-state index >= 15 is 0 Å². The highest BCUT2D eigenvalue weighted by atomic mass is 16.2. The molecule has 2 aromatic carbocycles. The van der Waals surface area contributed by atoms with Crippen LogP contribution in [0.5, 0.6) is 0 Å². The predicted octanol–water partition coefficient (Wildman–Crippen LogP) is 2.82. The number of anilines is 1. The number of hydrazone groups is 1. The van der Waals surface area contributed by atoms with Crippen molar-refractivity contribution in [3.63, 3.8) is 0 Å². The molecule has 144 valence electrons. The fourth-order valence-electron chi connectivity index (χ4n) is 2.26. The Morgan fingerprint density at radius 3 is 2.11 bits per heavy atom. The first kappa shape index (κ1) is 20.6. The Bertz CT molecular complexity index is 912. The standard InChI is InChI=1S/C21H22N4O3/c1-14(2)19(24-20(27)17-7-5-4-6-8-17)21(28)25-22-13-16-9-11-18(12-10-16)23-15(3)26/h4-13H,1-3H3,(H,23,26)(H,24,27)(H,25,28)/b22-13+. The van der Waals surface area contributed by atoms with E-state index in [1.807, 2.05) is 6.07 Å². The van der Waals surface area contributed by atoms with Crippen molar-refractivity contribution in [2.45, 2.75) is 20.8 Å². The number of nitrogens with one attached hydrogen (secondary N) is 3. The van der Waals surface area contributed by atoms with Crippen LogP contribution in [0.2, 0.25) is 0 Å². The van der Waals surface area contributed by atoms with Gasteiger partial charge in [0.1, 0.15) is 5.70 Å². The van der Waals surface area contributed by atoms with Crippen LogP contribution in [0, 0.1) is 0 Å². The number of carbonyl (C=O) groups is 3. The number of hydrogen-bond donors (Lipinski definition) is 3. The third-order valence-corrected chi connectivity index (χ3v) is 3.61. The quantitative estimate of drug-likeness (QED) is 0.409. The van der Waals surface area contributed by atoms with Gasteiger partial charge in [0, 0.05) is 18.2 Å². The number of nitrogens with zero attached hydrogens (tertiary/aromatic N) is 1. The summed E-state index contributed by atoms with van der Waals surface area (Å²) in [6.07, 6.45) is 1.47. The maximum atomic E-state index is 12.4. The molecule has 0 aliphatic carbocycles. The monoisotopic (exact) mass is 378 g/mol. The Morgan fingerprint density at radius 1 is 0.893 bits per heavy atom. The molecule has 7 nitrogen and oxygen atoms in total. The highest BCUT2D eigenvalue weighted by Crippen LogP contribution is 2.08. The zero-order valence-corrected chi connectivity index (χ0v) is 15.9. The van der Waals surface area contributed by atoms with E-state index in [0.717, 1.165) is 5.56 Å². The van der Waals surface area contributed by atoms with Crippen LogP contribution in [0.1, 0.15) is 36.7 Å². The first-order chi connectivity index (χ1) is 13.4. The van der Waals surface area contributed by atoms with E-state index in [0.29, 0.717) is 16.8 Å². The van der Waals surface area contributed by atoms with Crippen LogP contribution < -0.4 is 16.1 Å². The van der Waals surface area contributed by atoms with Gasteiger partial charge >= 0.3 is 0 Å². The Morgan fingerprint density at radius 2 is 1.54 bits per heavy atom. The SMILES string of the molecule is CC(=O)Nc1ccc(/C=N/NC(=O)C(NC(=O)c2ccccc2)=C(C)C)cc1. The molecule has 0 aromatic heterocycles. The minimum absolute atomic E-state index is 0.145. The lowest BCUT2D eigenvalue weighted by molar-refractivity contribution is -0.118. The smallest absolute Gasteiger partial charge is 0.287 e. The van der Waals surface area contributed by atoms with Crippen LogP contribution in [0.25, 0.3) is 0 Å². The van der Waals surface area contributed by atoms with Gasteiger partial charge in [0.05, 0.1) is 6.21 Å². The molecule has 0 spiro atoms. The second-order valence-corrected chi connectivity index (χ2v) is 6.20. The van der Waals surface area contributed by atoms with Gasteiger partial charge in [0.15, 0.2) is 0 Å². The second-order valence-electron chi connectivity index (χ2n) is 6.20. The van der Waals surface area contributed by atoms with Gasteiger partial charge in [-0.3, -0.25) is 14.4 Å². The first-order valence-corrected chi connectivity index (χ1v) is 8.61. The Hall–Kier alpha value is -3.74. The number of hydrogen-bond acceptors (Lipinski definition) is 4. The minimum atomic E-state index is -0.518. The van der Waals surface area contributed by atoms with Gasteiger partial charge < -0.3 is 10.6 Å². The summed E-state index contributed by atoms with van der Waals surface area (Å²) in [4.78, 5) is 35.7. The summed E-state index contributed by atoms with van der Waals surface area (Å²) >= 11 is 0. The van der Waals surface area contributed by atoms with Crippen LogP contribution >= 0.6 is 0 Å². The van der Waals surface area contributed by atoms with Crippen molar-refractivity contribution in [2.75, 3.05) is 5.32 Å². The van der Waals surface area contributed by atoms with Crippen molar-refractivity contribution >= 4 is 29.6 Å². The summed E-state index contributed by atoms with van der Waals surface area (Å²) in [6, 6.07) is 15.6. The second kappa shape index (κ2) is 9.82. The molecule has 3 N–H and O–H groups in total.